The molecule has 35 heavy (non-hydrogen) atoms. The van der Waals surface area contributed by atoms with E-state index in [-0.39, 0.29) is 12.6 Å². The molecular weight excluding hydrogens is 447 g/mol. The van der Waals surface area contributed by atoms with E-state index in [9.17, 15) is 4.39 Å². The molecule has 0 bridgehead atoms. The van der Waals surface area contributed by atoms with E-state index in [4.69, 9.17) is 15.5 Å². The van der Waals surface area contributed by atoms with Gasteiger partial charge in [0.15, 0.2) is 0 Å². The Morgan fingerprint density at radius 2 is 2.00 bits per heavy atom. The van der Waals surface area contributed by atoms with Crippen LogP contribution in [0.2, 0.25) is 0 Å². The van der Waals surface area contributed by atoms with Gasteiger partial charge in [-0.25, -0.2) is 19.3 Å². The van der Waals surface area contributed by atoms with E-state index in [0.29, 0.717) is 49.1 Å². The van der Waals surface area contributed by atoms with Crippen molar-refractivity contribution in [3.63, 3.8) is 0 Å². The van der Waals surface area contributed by atoms with Crippen molar-refractivity contribution in [2.45, 2.75) is 50.9 Å². The van der Waals surface area contributed by atoms with Crippen LogP contribution in [0.5, 0.6) is 0 Å². The summed E-state index contributed by atoms with van der Waals surface area (Å²) in [7, 11) is 1.55. The van der Waals surface area contributed by atoms with Gasteiger partial charge in [0.05, 0.1) is 12.6 Å². The molecular formula is C25H33FN8O. The van der Waals surface area contributed by atoms with Crippen molar-refractivity contribution in [2.75, 3.05) is 48.4 Å². The van der Waals surface area contributed by atoms with E-state index in [0.717, 1.165) is 35.1 Å². The molecule has 5 heterocycles. The molecule has 2 aliphatic rings. The Kier molecular flexibility index (Phi) is 6.66. The molecule has 2 aliphatic heterocycles. The number of pyridine rings is 2. The lowest BCUT2D eigenvalue weighted by Crippen LogP contribution is -2.52. The predicted molar refractivity (Wildman–Crippen MR) is 136 cm³/mol. The van der Waals surface area contributed by atoms with Crippen LogP contribution in [-0.2, 0) is 4.74 Å². The maximum absolute atomic E-state index is 14.4. The van der Waals surface area contributed by atoms with Gasteiger partial charge in [-0.2, -0.15) is 4.98 Å². The second kappa shape index (κ2) is 9.87. The fourth-order valence-corrected chi connectivity index (χ4v) is 4.90. The third kappa shape index (κ3) is 4.60. The number of alkyl halides is 1. The molecule has 10 heteroatoms. The minimum absolute atomic E-state index is 0.212. The first-order chi connectivity index (χ1) is 17.0. The summed E-state index contributed by atoms with van der Waals surface area (Å²) >= 11 is 0. The van der Waals surface area contributed by atoms with Gasteiger partial charge in [-0.3, -0.25) is 0 Å². The van der Waals surface area contributed by atoms with Crippen LogP contribution in [0.1, 0.15) is 38.2 Å². The van der Waals surface area contributed by atoms with E-state index < -0.39 is 6.17 Å². The first-order valence-corrected chi connectivity index (χ1v) is 12.3. The summed E-state index contributed by atoms with van der Waals surface area (Å²) in [5, 5.41) is 5.45. The summed E-state index contributed by atoms with van der Waals surface area (Å²) in [6.07, 6.45) is 5.77. The molecule has 3 aromatic heterocycles. The molecule has 0 amide bonds. The van der Waals surface area contributed by atoms with Gasteiger partial charge < -0.3 is 25.6 Å². The van der Waals surface area contributed by atoms with Crippen molar-refractivity contribution < 1.29 is 9.13 Å². The second-order valence-electron chi connectivity index (χ2n) is 9.57. The average molecular weight is 481 g/mol. The monoisotopic (exact) mass is 480 g/mol. The number of halogens is 1. The van der Waals surface area contributed by atoms with E-state index in [1.807, 2.05) is 17.3 Å². The summed E-state index contributed by atoms with van der Waals surface area (Å²) in [5.74, 6) is 3.03. The van der Waals surface area contributed by atoms with Crippen LogP contribution in [0.25, 0.3) is 10.8 Å². The second-order valence-corrected chi connectivity index (χ2v) is 9.57. The topological polar surface area (TPSA) is 105 Å². The zero-order valence-corrected chi connectivity index (χ0v) is 20.5. The number of nitrogens with two attached hydrogens (primary N) is 1. The van der Waals surface area contributed by atoms with Gasteiger partial charge in [0.1, 0.15) is 23.6 Å². The van der Waals surface area contributed by atoms with Crippen molar-refractivity contribution in [3.05, 3.63) is 36.3 Å². The number of fused-ring (bicyclic) bond motifs is 1. The van der Waals surface area contributed by atoms with Crippen LogP contribution < -0.4 is 20.9 Å². The highest BCUT2D eigenvalue weighted by Crippen LogP contribution is 2.35. The van der Waals surface area contributed by atoms with Crippen LogP contribution in [0, 0.1) is 0 Å². The fourth-order valence-electron chi connectivity index (χ4n) is 4.90. The first kappa shape index (κ1) is 23.6. The van der Waals surface area contributed by atoms with Gasteiger partial charge in [0, 0.05) is 56.8 Å². The summed E-state index contributed by atoms with van der Waals surface area (Å²) in [5.41, 5.74) is 7.11. The number of hydrogen-bond acceptors (Lipinski definition) is 9. The van der Waals surface area contributed by atoms with Crippen LogP contribution in [0.15, 0.2) is 30.7 Å². The summed E-state index contributed by atoms with van der Waals surface area (Å²) in [4.78, 5) is 22.6. The molecule has 0 aliphatic carbocycles. The van der Waals surface area contributed by atoms with Gasteiger partial charge in [-0.1, -0.05) is 13.8 Å². The van der Waals surface area contributed by atoms with Crippen LogP contribution in [0.3, 0.4) is 0 Å². The molecule has 0 spiro atoms. The van der Waals surface area contributed by atoms with Gasteiger partial charge in [0.2, 0.25) is 5.95 Å². The minimum atomic E-state index is -1.07. The number of aromatic nitrogens is 4. The minimum Gasteiger partial charge on any atom is -0.378 e. The lowest BCUT2D eigenvalue weighted by atomic mass is 9.97. The maximum Gasteiger partial charge on any atom is 0.227 e. The molecule has 3 aromatic rings. The Balaban J connectivity index is 1.42. The van der Waals surface area contributed by atoms with Crippen LogP contribution in [0.4, 0.5) is 27.8 Å². The third-order valence-electron chi connectivity index (χ3n) is 7.06. The zero-order valence-electron chi connectivity index (χ0n) is 20.5. The quantitative estimate of drug-likeness (QED) is 0.526. The Labute approximate surface area is 204 Å². The number of rotatable bonds is 7. The molecule has 3 N–H and O–H groups in total. The van der Waals surface area contributed by atoms with Gasteiger partial charge >= 0.3 is 0 Å². The number of methoxy groups -OCH3 is 1. The third-order valence-corrected chi connectivity index (χ3v) is 7.06. The number of ether oxygens (including phenoxy) is 1. The standard InChI is InChI=1S/C25H33FN8O/c1-15(2)18-12-30-24(34-9-5-16(34)11-27)19-13-29-23(10-17(18)19)31-22-4-7-28-25(32-22)33-8-6-21(35-3)20(26)14-33/h4,7,10,12-13,15-16,20-21H,5-6,8-9,11,14,27H2,1-3H3,(H,28,29,31,32)/t16-,20+,21-/m0/s1. The molecule has 0 unspecified atom stereocenters. The highest BCUT2D eigenvalue weighted by molar-refractivity contribution is 5.96. The molecule has 2 saturated heterocycles. The number of piperidine rings is 1. The molecule has 3 atom stereocenters. The average Bonchev–Trinajstić information content (AvgIpc) is 2.83. The van der Waals surface area contributed by atoms with Crippen molar-refractivity contribution in [3.8, 4) is 0 Å². The molecule has 9 nitrogen and oxygen atoms in total. The van der Waals surface area contributed by atoms with E-state index in [1.54, 1.807) is 19.4 Å². The van der Waals surface area contributed by atoms with Gasteiger partial charge in [-0.05, 0) is 41.8 Å². The lowest BCUT2D eigenvalue weighted by Gasteiger charge is -2.42. The number of nitrogens with zero attached hydrogens (tertiary/aromatic N) is 6. The summed E-state index contributed by atoms with van der Waals surface area (Å²) < 4.78 is 19.6. The smallest absolute Gasteiger partial charge is 0.227 e. The van der Waals surface area contributed by atoms with E-state index in [2.05, 4.69) is 45.1 Å². The molecule has 0 saturated carbocycles. The predicted octanol–water partition coefficient (Wildman–Crippen LogP) is 3.39. The fraction of sp³-hybridized carbons (Fsp3) is 0.520. The Morgan fingerprint density at radius 1 is 1.14 bits per heavy atom. The maximum atomic E-state index is 14.4. The first-order valence-electron chi connectivity index (χ1n) is 12.3. The summed E-state index contributed by atoms with van der Waals surface area (Å²) in [6.45, 7) is 6.75. The SMILES string of the molecule is CO[C@H]1CCN(c2nccc(Nc3cc4c(C(C)C)cnc(N5CC[C@H]5CN)c4cn3)n2)C[C@H]1F. The number of nitrogens with one attached hydrogen (secondary N) is 1. The van der Waals surface area contributed by atoms with Crippen LogP contribution in [-0.4, -0.2) is 71.5 Å². The van der Waals surface area contributed by atoms with E-state index in [1.165, 1.54) is 0 Å². The molecule has 5 rings (SSSR count). The highest BCUT2D eigenvalue weighted by Gasteiger charge is 2.31. The number of hydrogen-bond donors (Lipinski definition) is 2. The van der Waals surface area contributed by atoms with Gasteiger partial charge in [0.25, 0.3) is 0 Å². The Bertz CT molecular complexity index is 1190. The largest absolute Gasteiger partial charge is 0.378 e. The number of anilines is 4. The van der Waals surface area contributed by atoms with Crippen molar-refractivity contribution >= 4 is 34.2 Å². The highest BCUT2D eigenvalue weighted by atomic mass is 19.1. The zero-order chi connectivity index (χ0) is 24.5. The summed E-state index contributed by atoms with van der Waals surface area (Å²) in [6, 6.07) is 4.17. The van der Waals surface area contributed by atoms with Gasteiger partial charge in [-0.15, -0.1) is 0 Å². The Hall–Kier alpha value is -3.11. The molecule has 0 radical (unpaired) electrons. The van der Waals surface area contributed by atoms with Crippen molar-refractivity contribution in [2.24, 2.45) is 5.73 Å². The Morgan fingerprint density at radius 3 is 2.69 bits per heavy atom. The van der Waals surface area contributed by atoms with Crippen molar-refractivity contribution in [1.29, 1.82) is 0 Å². The normalized spacial score (nSPS) is 22.5. The molecule has 2 fully saturated rings. The molecule has 186 valence electrons. The van der Waals surface area contributed by atoms with E-state index >= 15 is 0 Å². The lowest BCUT2D eigenvalue weighted by molar-refractivity contribution is 0.0194. The molecule has 0 aromatic carbocycles. The van der Waals surface area contributed by atoms with Crippen molar-refractivity contribution in [1.82, 2.24) is 19.9 Å². The van der Waals surface area contributed by atoms with Crippen LogP contribution >= 0.6 is 0 Å².